The van der Waals surface area contributed by atoms with Gasteiger partial charge in [0, 0.05) is 37.5 Å². The number of rotatable bonds is 3. The molecule has 3 heteroatoms. The Morgan fingerprint density at radius 3 is 2.88 bits per heavy atom. The van der Waals surface area contributed by atoms with Crippen LogP contribution in [-0.4, -0.2) is 24.1 Å². The van der Waals surface area contributed by atoms with Gasteiger partial charge in [-0.3, -0.25) is 4.79 Å². The van der Waals surface area contributed by atoms with Gasteiger partial charge in [-0.1, -0.05) is 13.8 Å². The Morgan fingerprint density at radius 1 is 1.44 bits per heavy atom. The van der Waals surface area contributed by atoms with Gasteiger partial charge in [-0.15, -0.1) is 0 Å². The minimum absolute atomic E-state index is 0.0905. The summed E-state index contributed by atoms with van der Waals surface area (Å²) in [6.07, 6.45) is 3.64. The number of nitrogens with zero attached hydrogens (tertiary/aromatic N) is 1. The zero-order valence-corrected chi connectivity index (χ0v) is 10.2. The lowest BCUT2D eigenvalue weighted by atomic mass is 9.76. The van der Waals surface area contributed by atoms with Crippen molar-refractivity contribution in [2.45, 2.75) is 33.2 Å². The summed E-state index contributed by atoms with van der Waals surface area (Å²) >= 11 is 0. The molecule has 0 atom stereocenters. The number of Topliss-reactive ketones (excluding diaryl/α,β-unsaturated/α-hetero) is 1. The highest BCUT2D eigenvalue weighted by atomic mass is 16.5. The lowest BCUT2D eigenvalue weighted by Gasteiger charge is -2.29. The predicted octanol–water partition coefficient (Wildman–Crippen LogP) is 2.29. The van der Waals surface area contributed by atoms with Crippen LogP contribution in [0.3, 0.4) is 0 Å². The maximum Gasteiger partial charge on any atom is 0.165 e. The predicted molar refractivity (Wildman–Crippen MR) is 62.7 cm³/mol. The van der Waals surface area contributed by atoms with Gasteiger partial charge in [0.25, 0.3) is 0 Å². The fourth-order valence-electron chi connectivity index (χ4n) is 2.40. The van der Waals surface area contributed by atoms with E-state index in [2.05, 4.69) is 18.4 Å². The Hall–Kier alpha value is -1.09. The van der Waals surface area contributed by atoms with Crippen LogP contribution in [0, 0.1) is 5.41 Å². The van der Waals surface area contributed by atoms with Gasteiger partial charge < -0.3 is 9.30 Å². The number of methoxy groups -OCH3 is 1. The summed E-state index contributed by atoms with van der Waals surface area (Å²) in [5, 5.41) is 0. The topological polar surface area (TPSA) is 31.2 Å². The number of hydrogen-bond acceptors (Lipinski definition) is 2. The summed E-state index contributed by atoms with van der Waals surface area (Å²) < 4.78 is 7.23. The monoisotopic (exact) mass is 221 g/mol. The molecule has 0 spiro atoms. The maximum absolute atomic E-state index is 11.9. The van der Waals surface area contributed by atoms with Crippen LogP contribution < -0.4 is 0 Å². The molecule has 0 aromatic carbocycles. The zero-order chi connectivity index (χ0) is 11.8. The van der Waals surface area contributed by atoms with E-state index in [0.717, 1.165) is 18.5 Å². The normalized spacial score (nSPS) is 18.6. The summed E-state index contributed by atoms with van der Waals surface area (Å²) in [7, 11) is 1.70. The van der Waals surface area contributed by atoms with Crippen molar-refractivity contribution in [1.82, 2.24) is 4.57 Å². The minimum Gasteiger partial charge on any atom is -0.383 e. The van der Waals surface area contributed by atoms with Gasteiger partial charge in [0.2, 0.25) is 0 Å². The molecule has 0 unspecified atom stereocenters. The molecule has 1 heterocycles. The fourth-order valence-corrected chi connectivity index (χ4v) is 2.40. The largest absolute Gasteiger partial charge is 0.383 e. The van der Waals surface area contributed by atoms with Gasteiger partial charge in [0.15, 0.2) is 5.78 Å². The Bertz CT molecular complexity index is 404. The molecule has 1 aromatic rings. The molecule has 2 rings (SSSR count). The molecule has 0 bridgehead atoms. The van der Waals surface area contributed by atoms with Crippen molar-refractivity contribution in [2.24, 2.45) is 5.41 Å². The van der Waals surface area contributed by atoms with Crippen molar-refractivity contribution in [3.8, 4) is 0 Å². The lowest BCUT2D eigenvalue weighted by molar-refractivity contribution is 0.0909. The number of aromatic nitrogens is 1. The molecule has 0 amide bonds. The summed E-state index contributed by atoms with van der Waals surface area (Å²) in [6.45, 7) is 5.83. The van der Waals surface area contributed by atoms with Crippen LogP contribution in [0.5, 0.6) is 0 Å². The Balaban J connectivity index is 2.30. The van der Waals surface area contributed by atoms with Gasteiger partial charge >= 0.3 is 0 Å². The van der Waals surface area contributed by atoms with E-state index in [1.165, 1.54) is 5.69 Å². The molecule has 0 N–H and O–H groups in total. The highest BCUT2D eigenvalue weighted by Crippen LogP contribution is 2.35. The summed E-state index contributed by atoms with van der Waals surface area (Å²) in [5.74, 6) is 0.280. The minimum atomic E-state index is 0.0905. The lowest BCUT2D eigenvalue weighted by Crippen LogP contribution is -2.28. The number of fused-ring (bicyclic) bond motifs is 1. The van der Waals surface area contributed by atoms with E-state index >= 15 is 0 Å². The third-order valence-corrected chi connectivity index (χ3v) is 3.20. The molecule has 0 aliphatic heterocycles. The molecule has 0 saturated heterocycles. The molecular weight excluding hydrogens is 202 g/mol. The number of carbonyl (C=O) groups excluding carboxylic acids is 1. The molecule has 3 nitrogen and oxygen atoms in total. The first-order chi connectivity index (χ1) is 7.53. The molecule has 1 aromatic heterocycles. The first-order valence-electron chi connectivity index (χ1n) is 5.74. The molecule has 1 aliphatic rings. The average molecular weight is 221 g/mol. The molecular formula is C13H19NO2. The van der Waals surface area contributed by atoms with Gasteiger partial charge in [-0.2, -0.15) is 0 Å². The van der Waals surface area contributed by atoms with E-state index in [1.54, 1.807) is 7.11 Å². The quantitative estimate of drug-likeness (QED) is 0.784. The zero-order valence-electron chi connectivity index (χ0n) is 10.2. The smallest absolute Gasteiger partial charge is 0.165 e. The van der Waals surface area contributed by atoms with Crippen molar-refractivity contribution in [3.63, 3.8) is 0 Å². The second kappa shape index (κ2) is 4.06. The Labute approximate surface area is 96.4 Å². The van der Waals surface area contributed by atoms with Crippen molar-refractivity contribution in [3.05, 3.63) is 23.5 Å². The van der Waals surface area contributed by atoms with Crippen molar-refractivity contribution in [2.75, 3.05) is 13.7 Å². The van der Waals surface area contributed by atoms with Gasteiger partial charge in [-0.25, -0.2) is 0 Å². The SMILES string of the molecule is COCCn1ccc2c1CC(C)(C)CC2=O. The van der Waals surface area contributed by atoms with Gasteiger partial charge in [-0.05, 0) is 17.9 Å². The van der Waals surface area contributed by atoms with Crippen molar-refractivity contribution in [1.29, 1.82) is 0 Å². The average Bonchev–Trinajstić information content (AvgIpc) is 2.56. The second-order valence-corrected chi connectivity index (χ2v) is 5.30. The maximum atomic E-state index is 11.9. The molecule has 0 fully saturated rings. The molecule has 0 radical (unpaired) electrons. The van der Waals surface area contributed by atoms with E-state index in [9.17, 15) is 4.79 Å². The van der Waals surface area contributed by atoms with Crippen LogP contribution in [0.2, 0.25) is 0 Å². The molecule has 16 heavy (non-hydrogen) atoms. The third kappa shape index (κ3) is 2.05. The van der Waals surface area contributed by atoms with Crippen LogP contribution in [0.1, 0.15) is 36.3 Å². The molecule has 1 aliphatic carbocycles. The van der Waals surface area contributed by atoms with Crippen LogP contribution >= 0.6 is 0 Å². The number of ether oxygens (including phenoxy) is 1. The fraction of sp³-hybridized carbons (Fsp3) is 0.615. The van der Waals surface area contributed by atoms with Gasteiger partial charge in [0.1, 0.15) is 0 Å². The molecule has 0 saturated carbocycles. The van der Waals surface area contributed by atoms with Crippen LogP contribution in [-0.2, 0) is 17.7 Å². The molecule has 88 valence electrons. The number of carbonyl (C=O) groups is 1. The van der Waals surface area contributed by atoms with E-state index < -0.39 is 0 Å². The van der Waals surface area contributed by atoms with E-state index in [0.29, 0.717) is 13.0 Å². The third-order valence-electron chi connectivity index (χ3n) is 3.20. The Kier molecular flexibility index (Phi) is 2.89. The highest BCUT2D eigenvalue weighted by Gasteiger charge is 2.32. The summed E-state index contributed by atoms with van der Waals surface area (Å²) in [4.78, 5) is 11.9. The first kappa shape index (κ1) is 11.4. The summed E-state index contributed by atoms with van der Waals surface area (Å²) in [6, 6.07) is 1.95. The van der Waals surface area contributed by atoms with E-state index in [4.69, 9.17) is 4.74 Å². The van der Waals surface area contributed by atoms with Gasteiger partial charge in [0.05, 0.1) is 6.61 Å². The number of hydrogen-bond donors (Lipinski definition) is 0. The second-order valence-electron chi connectivity index (χ2n) is 5.30. The first-order valence-corrected chi connectivity index (χ1v) is 5.74. The van der Waals surface area contributed by atoms with Crippen molar-refractivity contribution >= 4 is 5.78 Å². The Morgan fingerprint density at radius 2 is 2.19 bits per heavy atom. The van der Waals surface area contributed by atoms with E-state index in [1.807, 2.05) is 12.3 Å². The van der Waals surface area contributed by atoms with Crippen LogP contribution in [0.15, 0.2) is 12.3 Å². The number of ketones is 1. The standard InChI is InChI=1S/C13H19NO2/c1-13(2)8-11-10(12(15)9-13)4-5-14(11)6-7-16-3/h4-5H,6-9H2,1-3H3. The summed E-state index contributed by atoms with van der Waals surface area (Å²) in [5.41, 5.74) is 2.18. The van der Waals surface area contributed by atoms with E-state index in [-0.39, 0.29) is 11.2 Å². The van der Waals surface area contributed by atoms with Crippen LogP contribution in [0.4, 0.5) is 0 Å². The highest BCUT2D eigenvalue weighted by molar-refractivity contribution is 5.98. The van der Waals surface area contributed by atoms with Crippen molar-refractivity contribution < 1.29 is 9.53 Å². The van der Waals surface area contributed by atoms with Crippen LogP contribution in [0.25, 0.3) is 0 Å².